The number of hydrogen-bond acceptors (Lipinski definition) is 12. The summed E-state index contributed by atoms with van der Waals surface area (Å²) in [4.78, 5) is 72.5. The van der Waals surface area contributed by atoms with E-state index < -0.39 is 84.6 Å². The molecule has 0 spiro atoms. The van der Waals surface area contributed by atoms with Gasteiger partial charge in [-0.1, -0.05) is 133 Å². The minimum Gasteiger partial charge on any atom is -0.545 e. The maximum atomic E-state index is 14.1. The van der Waals surface area contributed by atoms with Gasteiger partial charge in [-0.25, -0.2) is 8.78 Å². The van der Waals surface area contributed by atoms with E-state index in [9.17, 15) is 68.2 Å². The second-order valence-corrected chi connectivity index (χ2v) is 22.5. The normalized spacial score (nSPS) is 12.3. The second kappa shape index (κ2) is 35.4. The molecule has 0 bridgehead atoms. The Bertz CT molecular complexity index is 3520. The van der Waals surface area contributed by atoms with E-state index in [0.29, 0.717) is 67.3 Å². The van der Waals surface area contributed by atoms with Crippen molar-refractivity contribution in [2.24, 2.45) is 0 Å². The number of carboxylic acids is 4. The third-order valence-electron chi connectivity index (χ3n) is 15.1. The number of aliphatic hydroxyl groups is 4. The van der Waals surface area contributed by atoms with Crippen molar-refractivity contribution in [2.45, 2.75) is 129 Å². The van der Waals surface area contributed by atoms with Crippen molar-refractivity contribution in [3.8, 4) is 44.5 Å². The first-order valence-electron chi connectivity index (χ1n) is 29.4. The van der Waals surface area contributed by atoms with E-state index in [-0.39, 0.29) is 134 Å². The molecular formula is C70H72F2N4Na2O14. The number of nitrogens with one attached hydrogen (secondary N) is 2. The summed E-state index contributed by atoms with van der Waals surface area (Å²) in [6.07, 6.45) is -4.82. The summed E-state index contributed by atoms with van der Waals surface area (Å²) >= 11 is 0. The maximum absolute atomic E-state index is 14.1. The summed E-state index contributed by atoms with van der Waals surface area (Å²) in [5.41, 5.74) is 9.00. The average molecular weight is 1280 g/mol. The van der Waals surface area contributed by atoms with Crippen molar-refractivity contribution >= 4 is 35.7 Å². The number of nitrogens with zero attached hydrogens (tertiary/aromatic N) is 2. The van der Waals surface area contributed by atoms with Crippen LogP contribution in [0.5, 0.6) is 0 Å². The minimum atomic E-state index is -1.30. The van der Waals surface area contributed by atoms with E-state index in [0.717, 1.165) is 11.1 Å². The largest absolute Gasteiger partial charge is 1.00 e. The summed E-state index contributed by atoms with van der Waals surface area (Å²) < 4.78 is 31.9. The van der Waals surface area contributed by atoms with E-state index >= 15 is 0 Å². The first-order valence-corrected chi connectivity index (χ1v) is 29.4. The van der Waals surface area contributed by atoms with Gasteiger partial charge in [0.2, 0.25) is 0 Å². The number of carboxylic acid groups (broad SMARTS) is 4. The third-order valence-corrected chi connectivity index (χ3v) is 15.1. The van der Waals surface area contributed by atoms with Gasteiger partial charge in [0.1, 0.15) is 23.0 Å². The van der Waals surface area contributed by atoms with Gasteiger partial charge in [-0.15, -0.1) is 0 Å². The molecule has 8 rings (SSSR count). The fraction of sp³-hybridized carbons (Fsp3) is 0.286. The van der Waals surface area contributed by atoms with Gasteiger partial charge in [-0.3, -0.25) is 19.2 Å². The number of aromatic nitrogens is 2. The van der Waals surface area contributed by atoms with Gasteiger partial charge in [0, 0.05) is 58.8 Å². The monoisotopic (exact) mass is 1280 g/mol. The zero-order chi connectivity index (χ0) is 65.3. The predicted molar refractivity (Wildman–Crippen MR) is 330 cm³/mol. The molecule has 0 radical (unpaired) electrons. The molecule has 0 unspecified atom stereocenters. The number of benzene rings is 6. The number of halogens is 2. The van der Waals surface area contributed by atoms with Crippen molar-refractivity contribution in [3.63, 3.8) is 0 Å². The molecule has 4 atom stereocenters. The van der Waals surface area contributed by atoms with E-state index in [1.54, 1.807) is 48.5 Å². The van der Waals surface area contributed by atoms with Crippen molar-refractivity contribution < 1.29 is 138 Å². The van der Waals surface area contributed by atoms with E-state index in [4.69, 9.17) is 10.2 Å². The molecule has 8 aromatic rings. The Hall–Kier alpha value is -7.60. The van der Waals surface area contributed by atoms with Crippen LogP contribution in [0, 0.1) is 11.6 Å². The van der Waals surface area contributed by atoms with Crippen LogP contribution < -0.4 is 80.0 Å². The molecule has 2 amide bonds. The fourth-order valence-corrected chi connectivity index (χ4v) is 11.1. The summed E-state index contributed by atoms with van der Waals surface area (Å²) in [6, 6.07) is 42.1. The van der Waals surface area contributed by atoms with Crippen LogP contribution in [0.2, 0.25) is 0 Å². The van der Waals surface area contributed by atoms with Crippen LogP contribution in [0.3, 0.4) is 0 Å². The molecular weight excluding hydrogens is 1200 g/mol. The Balaban J connectivity index is 0.000000327. The number of hydrogen-bond donors (Lipinski definition) is 8. The molecule has 92 heavy (non-hydrogen) atoms. The summed E-state index contributed by atoms with van der Waals surface area (Å²) in [7, 11) is 0. The van der Waals surface area contributed by atoms with Crippen molar-refractivity contribution in [2.75, 3.05) is 0 Å². The summed E-state index contributed by atoms with van der Waals surface area (Å²) in [5, 5.41) is 87.9. The molecule has 2 aromatic heterocycles. The Labute approximate surface area is 576 Å². The summed E-state index contributed by atoms with van der Waals surface area (Å²) in [5.74, 6) is -6.55. The number of rotatable bonds is 28. The van der Waals surface area contributed by atoms with Gasteiger partial charge < -0.3 is 70.2 Å². The van der Waals surface area contributed by atoms with Gasteiger partial charge in [-0.2, -0.15) is 0 Å². The Morgan fingerprint density at radius 1 is 0.435 bits per heavy atom. The Morgan fingerprint density at radius 2 is 0.739 bits per heavy atom. The first kappa shape index (κ1) is 75.1. The third kappa shape index (κ3) is 20.2. The van der Waals surface area contributed by atoms with Crippen LogP contribution in [0.25, 0.3) is 44.5 Å². The minimum absolute atomic E-state index is 0. The standard InChI is InChI=1S/2C35H37FN2O7.2Na/c2*1-21(2)38-29(17-16-27(39)18-28(40)19-30(41)42)31(24-12-14-26(36)15-13-24)32(23-6-4-3-5-7-23)33(38)34(43)37-20-22-8-10-25(11-9-22)35(44)45;;/h2*3-15,21,27-28,39-40H,16-20H2,1-2H3,(H,37,43)(H,41,42)(H,44,45);;/q;;2*+1/p-2/t2*27-,28-;;/m11../s1. The Morgan fingerprint density at radius 3 is 1.02 bits per heavy atom. The zero-order valence-electron chi connectivity index (χ0n) is 52.1. The van der Waals surface area contributed by atoms with Crippen LogP contribution in [0.15, 0.2) is 158 Å². The number of carbonyl (C=O) groups is 6. The van der Waals surface area contributed by atoms with Crippen LogP contribution >= 0.6 is 0 Å². The first-order chi connectivity index (χ1) is 42.9. The van der Waals surface area contributed by atoms with Crippen LogP contribution in [0.1, 0.15) is 143 Å². The average Bonchev–Trinajstić information content (AvgIpc) is 1.60. The SMILES string of the molecule is CC(C)n1c(CC[C@@H](O)C[C@@H](O)CC(=O)O)c(-c2ccc(F)cc2)c(-c2ccccc2)c1C(=O)NCc1ccc(C(=O)[O-])cc1.CC(C)n1c(CC[C@@H](O)C[C@@H](O)CC(=O)O)c(-c2ccc(F)cc2)c(-c2ccccc2)c1C(=O)NCc1ccc(C(=O)[O-])cc1.[Na+].[Na+]. The molecule has 0 aliphatic heterocycles. The second-order valence-electron chi connectivity index (χ2n) is 22.5. The molecule has 0 fully saturated rings. The predicted octanol–water partition coefficient (Wildman–Crippen LogP) is 2.72. The van der Waals surface area contributed by atoms with Gasteiger partial charge in [0.15, 0.2) is 0 Å². The molecule has 0 saturated carbocycles. The fourth-order valence-electron chi connectivity index (χ4n) is 11.1. The summed E-state index contributed by atoms with van der Waals surface area (Å²) in [6.45, 7) is 7.94. The zero-order valence-corrected chi connectivity index (χ0v) is 56.1. The van der Waals surface area contributed by atoms with E-state index in [1.807, 2.05) is 97.5 Å². The number of amides is 2. The van der Waals surface area contributed by atoms with Gasteiger partial charge >= 0.3 is 71.1 Å². The van der Waals surface area contributed by atoms with Crippen LogP contribution in [-0.4, -0.2) is 99.9 Å². The number of carbonyl (C=O) groups excluding carboxylic acids is 4. The van der Waals surface area contributed by atoms with Crippen molar-refractivity contribution in [1.29, 1.82) is 0 Å². The topological polar surface area (TPSA) is 304 Å². The molecule has 8 N–H and O–H groups in total. The molecule has 472 valence electrons. The van der Waals surface area contributed by atoms with Crippen LogP contribution in [-0.2, 0) is 35.5 Å². The van der Waals surface area contributed by atoms with Gasteiger partial charge in [0.05, 0.1) is 49.2 Å². The number of aliphatic carboxylic acids is 2. The van der Waals surface area contributed by atoms with E-state index in [1.165, 1.54) is 48.5 Å². The van der Waals surface area contributed by atoms with Crippen LogP contribution in [0.4, 0.5) is 8.78 Å². The molecule has 0 saturated heterocycles. The molecule has 22 heteroatoms. The van der Waals surface area contributed by atoms with Gasteiger partial charge in [-0.05, 0) is 135 Å². The van der Waals surface area contributed by atoms with Crippen molar-refractivity contribution in [1.82, 2.24) is 19.8 Å². The quantitative estimate of drug-likeness (QED) is 0.0327. The molecule has 0 aliphatic carbocycles. The molecule has 18 nitrogen and oxygen atoms in total. The Kier molecular flexibility index (Phi) is 28.9. The molecule has 2 heterocycles. The smallest absolute Gasteiger partial charge is 0.545 e. The molecule has 6 aromatic carbocycles. The van der Waals surface area contributed by atoms with Crippen molar-refractivity contribution in [3.05, 3.63) is 214 Å². The number of aromatic carboxylic acids is 2. The van der Waals surface area contributed by atoms with Gasteiger partial charge in [0.25, 0.3) is 11.8 Å². The van der Waals surface area contributed by atoms with E-state index in [2.05, 4.69) is 10.6 Å². The number of aliphatic hydroxyl groups excluding tert-OH is 4. The molecule has 0 aliphatic rings. The maximum Gasteiger partial charge on any atom is 1.00 e.